The van der Waals surface area contributed by atoms with Crippen molar-refractivity contribution in [3.8, 4) is 0 Å². The first-order chi connectivity index (χ1) is 8.36. The molecule has 5 heteroatoms. The van der Waals surface area contributed by atoms with Crippen LogP contribution in [-0.4, -0.2) is 28.1 Å². The van der Waals surface area contributed by atoms with Crippen LogP contribution in [-0.2, 0) is 0 Å². The Hall–Kier alpha value is -2.27. The molecule has 0 saturated carbocycles. The van der Waals surface area contributed by atoms with Gasteiger partial charge in [0.25, 0.3) is 5.91 Å². The van der Waals surface area contributed by atoms with E-state index in [0.29, 0.717) is 5.56 Å². The van der Waals surface area contributed by atoms with Crippen LogP contribution < -0.4 is 5.32 Å². The second kappa shape index (κ2) is 7.08. The third kappa shape index (κ3) is 4.00. The van der Waals surface area contributed by atoms with Crippen LogP contribution in [0.3, 0.4) is 0 Å². The normalized spacial score (nSPS) is 8.82. The number of anilines is 1. The maximum Gasteiger partial charge on any atom is 0.255 e. The van der Waals surface area contributed by atoms with Gasteiger partial charge in [0, 0.05) is 43.1 Å². The maximum absolute atomic E-state index is 11.7. The molecule has 0 spiro atoms. The Balaban J connectivity index is 0.000000686. The number of hydrogen-bond donors (Lipinski definition) is 2. The molecule has 0 unspecified atom stereocenters. The highest BCUT2D eigenvalue weighted by Gasteiger charge is 2.03. The third-order valence-corrected chi connectivity index (χ3v) is 1.88. The van der Waals surface area contributed by atoms with E-state index in [-0.39, 0.29) is 5.91 Å². The molecule has 0 aliphatic rings. The van der Waals surface area contributed by atoms with Gasteiger partial charge in [-0.2, -0.15) is 0 Å². The molecule has 2 aromatic rings. The van der Waals surface area contributed by atoms with Crippen LogP contribution >= 0.6 is 0 Å². The van der Waals surface area contributed by atoms with E-state index in [4.69, 9.17) is 5.11 Å². The predicted octanol–water partition coefficient (Wildman–Crippen LogP) is 1.34. The van der Waals surface area contributed by atoms with Gasteiger partial charge in [-0.15, -0.1) is 0 Å². The van der Waals surface area contributed by atoms with Crippen LogP contribution in [0.2, 0.25) is 0 Å². The highest BCUT2D eigenvalue weighted by molar-refractivity contribution is 6.04. The first kappa shape index (κ1) is 12.8. The number of nitrogens with one attached hydrogen (secondary N) is 1. The largest absolute Gasteiger partial charge is 0.400 e. The van der Waals surface area contributed by atoms with Crippen LogP contribution in [0.25, 0.3) is 0 Å². The highest BCUT2D eigenvalue weighted by Crippen LogP contribution is 2.06. The van der Waals surface area contributed by atoms with Gasteiger partial charge in [0.15, 0.2) is 0 Å². The summed E-state index contributed by atoms with van der Waals surface area (Å²) in [5, 5.41) is 9.75. The lowest BCUT2D eigenvalue weighted by Crippen LogP contribution is -2.11. The molecule has 0 aromatic carbocycles. The molecular formula is C12H13N3O2. The van der Waals surface area contributed by atoms with Crippen molar-refractivity contribution in [1.82, 2.24) is 9.97 Å². The van der Waals surface area contributed by atoms with Gasteiger partial charge >= 0.3 is 0 Å². The van der Waals surface area contributed by atoms with Crippen LogP contribution in [0, 0.1) is 0 Å². The number of amides is 1. The van der Waals surface area contributed by atoms with Crippen molar-refractivity contribution in [2.45, 2.75) is 0 Å². The number of rotatable bonds is 2. The Kier molecular flexibility index (Phi) is 5.33. The Bertz CT molecular complexity index is 446. The summed E-state index contributed by atoms with van der Waals surface area (Å²) >= 11 is 0. The minimum absolute atomic E-state index is 0.149. The number of hydrogen-bond acceptors (Lipinski definition) is 4. The molecule has 88 valence electrons. The second-order valence-corrected chi connectivity index (χ2v) is 2.93. The molecule has 1 amide bonds. The smallest absolute Gasteiger partial charge is 0.255 e. The van der Waals surface area contributed by atoms with Crippen LogP contribution in [0.4, 0.5) is 5.69 Å². The Morgan fingerprint density at radius 3 is 2.00 bits per heavy atom. The van der Waals surface area contributed by atoms with Crippen LogP contribution in [0.1, 0.15) is 10.4 Å². The highest BCUT2D eigenvalue weighted by atomic mass is 16.2. The van der Waals surface area contributed by atoms with E-state index in [0.717, 1.165) is 12.8 Å². The molecule has 2 aromatic heterocycles. The predicted molar refractivity (Wildman–Crippen MR) is 64.6 cm³/mol. The molecule has 0 aliphatic heterocycles. The van der Waals surface area contributed by atoms with Crippen molar-refractivity contribution >= 4 is 11.6 Å². The standard InChI is InChI=1S/C11H9N3O.CH4O/c15-11(9-1-5-12-6-2-9)14-10-3-7-13-8-4-10;1-2/h1-8H,(H,13,14,15);2H,1H3. The number of pyridine rings is 2. The number of aliphatic hydroxyl groups excluding tert-OH is 1. The fourth-order valence-electron chi connectivity index (χ4n) is 1.14. The molecule has 17 heavy (non-hydrogen) atoms. The van der Waals surface area contributed by atoms with E-state index >= 15 is 0 Å². The molecule has 2 N–H and O–H groups in total. The lowest BCUT2D eigenvalue weighted by atomic mass is 10.2. The quantitative estimate of drug-likeness (QED) is 0.817. The van der Waals surface area contributed by atoms with E-state index in [1.807, 2.05) is 0 Å². The van der Waals surface area contributed by atoms with E-state index in [1.165, 1.54) is 0 Å². The van der Waals surface area contributed by atoms with Crippen molar-refractivity contribution < 1.29 is 9.90 Å². The van der Waals surface area contributed by atoms with E-state index in [1.54, 1.807) is 49.1 Å². The van der Waals surface area contributed by atoms with E-state index < -0.39 is 0 Å². The minimum atomic E-state index is -0.149. The van der Waals surface area contributed by atoms with Gasteiger partial charge in [0.1, 0.15) is 0 Å². The molecule has 0 bridgehead atoms. The SMILES string of the molecule is CO.O=C(Nc1ccncc1)c1ccncc1. The average Bonchev–Trinajstić information content (AvgIpc) is 2.43. The number of carbonyl (C=O) groups is 1. The topological polar surface area (TPSA) is 75.1 Å². The van der Waals surface area contributed by atoms with Crippen molar-refractivity contribution in [2.24, 2.45) is 0 Å². The molecule has 0 saturated heterocycles. The number of aromatic nitrogens is 2. The Labute approximate surface area is 99.2 Å². The molecule has 5 nitrogen and oxygen atoms in total. The van der Waals surface area contributed by atoms with Crippen LogP contribution in [0.15, 0.2) is 49.1 Å². The summed E-state index contributed by atoms with van der Waals surface area (Å²) in [6.45, 7) is 0. The summed E-state index contributed by atoms with van der Waals surface area (Å²) in [5.41, 5.74) is 1.31. The molecule has 2 rings (SSSR count). The molecule has 0 fully saturated rings. The zero-order valence-corrected chi connectivity index (χ0v) is 9.37. The van der Waals surface area contributed by atoms with Gasteiger partial charge in [-0.1, -0.05) is 0 Å². The molecular weight excluding hydrogens is 218 g/mol. The number of aliphatic hydroxyl groups is 1. The van der Waals surface area contributed by atoms with Crippen molar-refractivity contribution in [2.75, 3.05) is 12.4 Å². The first-order valence-corrected chi connectivity index (χ1v) is 4.92. The molecule has 0 atom stereocenters. The molecule has 0 aliphatic carbocycles. The number of nitrogens with zero attached hydrogens (tertiary/aromatic N) is 2. The summed E-state index contributed by atoms with van der Waals surface area (Å²) in [6, 6.07) is 6.80. The number of carbonyl (C=O) groups excluding carboxylic acids is 1. The van der Waals surface area contributed by atoms with Gasteiger partial charge in [0.2, 0.25) is 0 Å². The minimum Gasteiger partial charge on any atom is -0.400 e. The molecule has 2 heterocycles. The van der Waals surface area contributed by atoms with Gasteiger partial charge in [-0.3, -0.25) is 14.8 Å². The summed E-state index contributed by atoms with van der Waals surface area (Å²) in [5.74, 6) is -0.149. The van der Waals surface area contributed by atoms with Gasteiger partial charge in [-0.05, 0) is 24.3 Å². The molecule has 0 radical (unpaired) electrons. The van der Waals surface area contributed by atoms with E-state index in [9.17, 15) is 4.79 Å². The summed E-state index contributed by atoms with van der Waals surface area (Å²) in [7, 11) is 1.00. The van der Waals surface area contributed by atoms with E-state index in [2.05, 4.69) is 15.3 Å². The van der Waals surface area contributed by atoms with Gasteiger partial charge < -0.3 is 10.4 Å². The summed E-state index contributed by atoms with van der Waals surface area (Å²) < 4.78 is 0. The average molecular weight is 231 g/mol. The second-order valence-electron chi connectivity index (χ2n) is 2.93. The lowest BCUT2D eigenvalue weighted by Gasteiger charge is -2.03. The maximum atomic E-state index is 11.7. The van der Waals surface area contributed by atoms with Crippen LogP contribution in [0.5, 0.6) is 0 Å². The Morgan fingerprint density at radius 2 is 1.47 bits per heavy atom. The van der Waals surface area contributed by atoms with Crippen molar-refractivity contribution in [1.29, 1.82) is 0 Å². The lowest BCUT2D eigenvalue weighted by molar-refractivity contribution is 0.102. The Morgan fingerprint density at radius 1 is 1.00 bits per heavy atom. The monoisotopic (exact) mass is 231 g/mol. The van der Waals surface area contributed by atoms with Crippen molar-refractivity contribution in [3.63, 3.8) is 0 Å². The van der Waals surface area contributed by atoms with Crippen molar-refractivity contribution in [3.05, 3.63) is 54.6 Å². The zero-order valence-electron chi connectivity index (χ0n) is 9.37. The fourth-order valence-corrected chi connectivity index (χ4v) is 1.14. The van der Waals surface area contributed by atoms with Gasteiger partial charge in [0.05, 0.1) is 0 Å². The zero-order chi connectivity index (χ0) is 12.5. The van der Waals surface area contributed by atoms with Gasteiger partial charge in [-0.25, -0.2) is 0 Å². The third-order valence-electron chi connectivity index (χ3n) is 1.88. The summed E-state index contributed by atoms with van der Waals surface area (Å²) in [6.07, 6.45) is 6.42. The fraction of sp³-hybridized carbons (Fsp3) is 0.0833. The first-order valence-electron chi connectivity index (χ1n) is 4.92. The summed E-state index contributed by atoms with van der Waals surface area (Å²) in [4.78, 5) is 19.4.